The van der Waals surface area contributed by atoms with E-state index in [0.717, 1.165) is 18.3 Å². The molecule has 0 aliphatic carbocycles. The average molecular weight is 258 g/mol. The molecule has 1 aromatic carbocycles. The van der Waals surface area contributed by atoms with Gasteiger partial charge in [0.2, 0.25) is 0 Å². The number of benzene rings is 1. The van der Waals surface area contributed by atoms with Crippen molar-refractivity contribution >= 4 is 17.7 Å². The Labute approximate surface area is 113 Å². The van der Waals surface area contributed by atoms with Gasteiger partial charge in [0.1, 0.15) is 6.07 Å². The molecular formula is C15H18N2O2. The van der Waals surface area contributed by atoms with Gasteiger partial charge in [0.05, 0.1) is 11.3 Å². The number of carbonyl (C=O) groups is 1. The predicted octanol–water partition coefficient (Wildman–Crippen LogP) is 2.75. The molecule has 4 heteroatoms. The molecule has 0 saturated heterocycles. The third-order valence-electron chi connectivity index (χ3n) is 2.61. The van der Waals surface area contributed by atoms with E-state index in [-0.39, 0.29) is 0 Å². The summed E-state index contributed by atoms with van der Waals surface area (Å²) in [5.74, 6) is -0.498. The molecule has 0 aliphatic rings. The highest BCUT2D eigenvalue weighted by atomic mass is 16.4. The maximum absolute atomic E-state index is 10.5. The second-order valence-corrected chi connectivity index (χ2v) is 4.83. The Morgan fingerprint density at radius 2 is 2.21 bits per heavy atom. The van der Waals surface area contributed by atoms with Crippen LogP contribution in [-0.2, 0) is 4.79 Å². The molecule has 100 valence electrons. The number of nitriles is 1. The van der Waals surface area contributed by atoms with Crippen molar-refractivity contribution in [3.63, 3.8) is 0 Å². The minimum absolute atomic E-state index is 0.503. The Kier molecular flexibility index (Phi) is 5.13. The van der Waals surface area contributed by atoms with Crippen molar-refractivity contribution in [3.8, 4) is 6.07 Å². The lowest BCUT2D eigenvalue weighted by atomic mass is 10.1. The monoisotopic (exact) mass is 258 g/mol. The van der Waals surface area contributed by atoms with Gasteiger partial charge < -0.3 is 10.0 Å². The van der Waals surface area contributed by atoms with Crippen molar-refractivity contribution in [1.82, 2.24) is 0 Å². The largest absolute Gasteiger partial charge is 0.478 e. The average Bonchev–Trinajstić information content (AvgIpc) is 2.35. The molecule has 0 heterocycles. The maximum Gasteiger partial charge on any atom is 0.328 e. The lowest BCUT2D eigenvalue weighted by molar-refractivity contribution is -0.131. The highest BCUT2D eigenvalue weighted by Crippen LogP contribution is 2.21. The fourth-order valence-electron chi connectivity index (χ4n) is 1.89. The van der Waals surface area contributed by atoms with Crippen molar-refractivity contribution in [3.05, 3.63) is 35.4 Å². The number of aliphatic carboxylic acids is 1. The van der Waals surface area contributed by atoms with Crippen LogP contribution in [0.4, 0.5) is 5.69 Å². The number of carboxylic acid groups (broad SMARTS) is 1. The summed E-state index contributed by atoms with van der Waals surface area (Å²) < 4.78 is 0. The second kappa shape index (κ2) is 6.60. The van der Waals surface area contributed by atoms with Gasteiger partial charge in [-0.3, -0.25) is 0 Å². The number of hydrogen-bond donors (Lipinski definition) is 1. The Balaban J connectivity index is 3.03. The SMILES string of the molecule is CC(C)CN(C)c1ccc(/C=C/C(=O)O)cc1C#N. The molecule has 0 saturated carbocycles. The van der Waals surface area contributed by atoms with Gasteiger partial charge in [-0.25, -0.2) is 4.79 Å². The van der Waals surface area contributed by atoms with Gasteiger partial charge in [0.15, 0.2) is 0 Å². The van der Waals surface area contributed by atoms with Crippen LogP contribution in [0.15, 0.2) is 24.3 Å². The quantitative estimate of drug-likeness (QED) is 0.825. The van der Waals surface area contributed by atoms with Crippen LogP contribution in [0.5, 0.6) is 0 Å². The summed E-state index contributed by atoms with van der Waals surface area (Å²) in [7, 11) is 1.95. The lowest BCUT2D eigenvalue weighted by Crippen LogP contribution is -2.23. The molecule has 0 aromatic heterocycles. The fraction of sp³-hybridized carbons (Fsp3) is 0.333. The van der Waals surface area contributed by atoms with Crippen LogP contribution in [-0.4, -0.2) is 24.7 Å². The van der Waals surface area contributed by atoms with E-state index in [0.29, 0.717) is 17.0 Å². The number of hydrogen-bond acceptors (Lipinski definition) is 3. The summed E-state index contributed by atoms with van der Waals surface area (Å²) in [5.41, 5.74) is 2.13. The molecule has 0 unspecified atom stereocenters. The number of anilines is 1. The minimum atomic E-state index is -1.00. The minimum Gasteiger partial charge on any atom is -0.478 e. The van der Waals surface area contributed by atoms with Crippen LogP contribution in [0.25, 0.3) is 6.08 Å². The van der Waals surface area contributed by atoms with E-state index in [1.54, 1.807) is 6.07 Å². The van der Waals surface area contributed by atoms with Crippen molar-refractivity contribution in [2.75, 3.05) is 18.5 Å². The Hall–Kier alpha value is -2.28. The summed E-state index contributed by atoms with van der Waals surface area (Å²) in [4.78, 5) is 12.5. The first-order valence-corrected chi connectivity index (χ1v) is 6.10. The van der Waals surface area contributed by atoms with Gasteiger partial charge in [-0.05, 0) is 29.7 Å². The molecule has 1 N–H and O–H groups in total. The van der Waals surface area contributed by atoms with E-state index < -0.39 is 5.97 Å². The molecule has 19 heavy (non-hydrogen) atoms. The van der Waals surface area contributed by atoms with Crippen LogP contribution in [0.1, 0.15) is 25.0 Å². The van der Waals surface area contributed by atoms with E-state index in [1.807, 2.05) is 24.1 Å². The van der Waals surface area contributed by atoms with Crippen molar-refractivity contribution in [1.29, 1.82) is 5.26 Å². The first kappa shape index (κ1) is 14.8. The molecule has 1 rings (SSSR count). The van der Waals surface area contributed by atoms with Crippen molar-refractivity contribution in [2.45, 2.75) is 13.8 Å². The molecule has 0 fully saturated rings. The van der Waals surface area contributed by atoms with Crippen LogP contribution in [0, 0.1) is 17.2 Å². The standard InChI is InChI=1S/C15H18N2O2/c1-11(2)10-17(3)14-6-4-12(5-7-15(18)19)8-13(14)9-16/h4-8,11H,10H2,1-3H3,(H,18,19)/b7-5+. The third kappa shape index (κ3) is 4.47. The summed E-state index contributed by atoms with van der Waals surface area (Å²) in [6, 6.07) is 7.52. The first-order chi connectivity index (χ1) is 8.93. The number of rotatable bonds is 5. The number of carboxylic acids is 1. The highest BCUT2D eigenvalue weighted by molar-refractivity contribution is 5.85. The zero-order valence-electron chi connectivity index (χ0n) is 11.4. The van der Waals surface area contributed by atoms with E-state index in [1.165, 1.54) is 6.08 Å². The van der Waals surface area contributed by atoms with Gasteiger partial charge in [0, 0.05) is 19.7 Å². The van der Waals surface area contributed by atoms with E-state index >= 15 is 0 Å². The van der Waals surface area contributed by atoms with Gasteiger partial charge in [-0.15, -0.1) is 0 Å². The normalized spacial score (nSPS) is 10.7. The smallest absolute Gasteiger partial charge is 0.328 e. The third-order valence-corrected chi connectivity index (χ3v) is 2.61. The highest BCUT2D eigenvalue weighted by Gasteiger charge is 2.09. The van der Waals surface area contributed by atoms with Gasteiger partial charge in [0.25, 0.3) is 0 Å². The van der Waals surface area contributed by atoms with E-state index in [9.17, 15) is 10.1 Å². The molecule has 0 atom stereocenters. The first-order valence-electron chi connectivity index (χ1n) is 6.10. The van der Waals surface area contributed by atoms with E-state index in [4.69, 9.17) is 5.11 Å². The van der Waals surface area contributed by atoms with Gasteiger partial charge in [-0.2, -0.15) is 5.26 Å². The molecule has 4 nitrogen and oxygen atoms in total. The lowest BCUT2D eigenvalue weighted by Gasteiger charge is -2.22. The molecular weight excluding hydrogens is 240 g/mol. The molecule has 0 amide bonds. The zero-order chi connectivity index (χ0) is 14.4. The van der Waals surface area contributed by atoms with E-state index in [2.05, 4.69) is 19.9 Å². The molecule has 0 aliphatic heterocycles. The second-order valence-electron chi connectivity index (χ2n) is 4.83. The Bertz CT molecular complexity index is 527. The predicted molar refractivity (Wildman–Crippen MR) is 75.9 cm³/mol. The Morgan fingerprint density at radius 3 is 2.74 bits per heavy atom. The molecule has 0 radical (unpaired) electrons. The fourth-order valence-corrected chi connectivity index (χ4v) is 1.89. The summed E-state index contributed by atoms with van der Waals surface area (Å²) in [6.07, 6.45) is 2.55. The zero-order valence-corrected chi connectivity index (χ0v) is 11.4. The van der Waals surface area contributed by atoms with Gasteiger partial charge >= 0.3 is 5.97 Å². The summed E-state index contributed by atoms with van der Waals surface area (Å²) in [6.45, 7) is 5.10. The van der Waals surface area contributed by atoms with Crippen molar-refractivity contribution in [2.24, 2.45) is 5.92 Å². The van der Waals surface area contributed by atoms with Gasteiger partial charge in [-0.1, -0.05) is 19.9 Å². The number of nitrogens with zero attached hydrogens (tertiary/aromatic N) is 2. The van der Waals surface area contributed by atoms with Crippen LogP contribution < -0.4 is 4.90 Å². The van der Waals surface area contributed by atoms with Crippen LogP contribution in [0.3, 0.4) is 0 Å². The molecule has 0 bridgehead atoms. The van der Waals surface area contributed by atoms with Crippen molar-refractivity contribution < 1.29 is 9.90 Å². The molecule has 0 spiro atoms. The summed E-state index contributed by atoms with van der Waals surface area (Å²) in [5, 5.41) is 17.8. The molecule has 1 aromatic rings. The maximum atomic E-state index is 10.5. The Morgan fingerprint density at radius 1 is 1.53 bits per heavy atom. The van der Waals surface area contributed by atoms with Crippen LogP contribution in [0.2, 0.25) is 0 Å². The summed E-state index contributed by atoms with van der Waals surface area (Å²) >= 11 is 0. The topological polar surface area (TPSA) is 64.3 Å². The van der Waals surface area contributed by atoms with Crippen LogP contribution >= 0.6 is 0 Å².